The third-order valence-electron chi connectivity index (χ3n) is 4.49. The van der Waals surface area contributed by atoms with Crippen LogP contribution in [0.1, 0.15) is 0 Å². The van der Waals surface area contributed by atoms with Gasteiger partial charge in [-0.3, -0.25) is 9.97 Å². The lowest BCUT2D eigenvalue weighted by Crippen LogP contribution is -2.14. The summed E-state index contributed by atoms with van der Waals surface area (Å²) in [7, 11) is -1.16. The summed E-state index contributed by atoms with van der Waals surface area (Å²) in [5.74, 6) is 1.34. The van der Waals surface area contributed by atoms with Gasteiger partial charge in [0.2, 0.25) is 5.95 Å². The Labute approximate surface area is 198 Å². The predicted molar refractivity (Wildman–Crippen MR) is 132 cm³/mol. The van der Waals surface area contributed by atoms with Crippen LogP contribution in [0, 0.1) is 6.07 Å². The second-order valence-electron chi connectivity index (χ2n) is 7.14. The van der Waals surface area contributed by atoms with Crippen molar-refractivity contribution < 1.29 is 9.30 Å². The van der Waals surface area contributed by atoms with E-state index in [1.54, 1.807) is 51.2 Å². The summed E-state index contributed by atoms with van der Waals surface area (Å²) in [6, 6.07) is 9.82. The summed E-state index contributed by atoms with van der Waals surface area (Å²) in [5.41, 5.74) is 2.49. The molecular weight excluding hydrogens is 515 g/mol. The van der Waals surface area contributed by atoms with Crippen LogP contribution in [0.5, 0.6) is 5.75 Å². The maximum Gasteiger partial charge on any atom is 0.229 e. The molecule has 32 heavy (non-hydrogen) atoms. The Morgan fingerprint density at radius 1 is 1.12 bits per heavy atom. The van der Waals surface area contributed by atoms with Gasteiger partial charge in [-0.25, -0.2) is 4.98 Å². The van der Waals surface area contributed by atoms with Crippen LogP contribution in [0.25, 0.3) is 11.0 Å². The number of rotatable bonds is 6. The van der Waals surface area contributed by atoms with E-state index in [4.69, 9.17) is 16.3 Å². The minimum Gasteiger partial charge on any atom is -0.495 e. The molecule has 163 valence electrons. The van der Waals surface area contributed by atoms with Crippen LogP contribution in [-0.2, 0) is 4.57 Å². The van der Waals surface area contributed by atoms with Crippen LogP contribution in [0.4, 0.5) is 23.1 Å². The molecule has 2 aromatic carbocycles. The van der Waals surface area contributed by atoms with Gasteiger partial charge in [0.15, 0.2) is 0 Å². The molecule has 1 radical (unpaired) electrons. The first-order chi connectivity index (χ1) is 15.3. The van der Waals surface area contributed by atoms with Crippen LogP contribution < -0.4 is 20.7 Å². The van der Waals surface area contributed by atoms with Crippen molar-refractivity contribution in [2.24, 2.45) is 0 Å². The molecule has 0 bridgehead atoms. The Balaban J connectivity index is 1.74. The molecule has 11 heteroatoms. The fourth-order valence-electron chi connectivity index (χ4n) is 3.15. The van der Waals surface area contributed by atoms with Crippen LogP contribution in [0.2, 0.25) is 5.02 Å². The third kappa shape index (κ3) is 4.70. The van der Waals surface area contributed by atoms with Crippen molar-refractivity contribution in [1.29, 1.82) is 0 Å². The van der Waals surface area contributed by atoms with Gasteiger partial charge >= 0.3 is 0 Å². The lowest BCUT2D eigenvalue weighted by molar-refractivity contribution is 0.416. The number of halogens is 2. The topological polar surface area (TPSA) is 102 Å². The van der Waals surface area contributed by atoms with Crippen molar-refractivity contribution in [3.63, 3.8) is 0 Å². The highest BCUT2D eigenvalue weighted by molar-refractivity contribution is 9.10. The van der Waals surface area contributed by atoms with Gasteiger partial charge in [-0.05, 0) is 53.5 Å². The zero-order valence-corrected chi connectivity index (χ0v) is 20.6. The average molecular weight is 533 g/mol. The van der Waals surface area contributed by atoms with E-state index in [0.717, 1.165) is 0 Å². The number of nitrogens with zero attached hydrogens (tertiary/aromatic N) is 4. The summed E-state index contributed by atoms with van der Waals surface area (Å²) in [6.45, 7) is 3.40. The molecule has 0 saturated carbocycles. The molecule has 0 unspecified atom stereocenters. The standard InChI is InChI=1S/C21H18BrClN6O2P/c1-31-17-7-4-12(23)10-16(17)28-21-26-11-13(22)20(29-21)27-15-6-5-14-18(25-9-8-24-14)19(15)32(2,3)30/h5-11H,1-3H3,(H2,26,27,28,29). The van der Waals surface area contributed by atoms with Crippen molar-refractivity contribution in [1.82, 2.24) is 19.9 Å². The Kier molecular flexibility index (Phi) is 6.33. The number of aromatic nitrogens is 4. The van der Waals surface area contributed by atoms with Gasteiger partial charge in [-0.2, -0.15) is 4.98 Å². The number of fused-ring (bicyclic) bond motifs is 1. The van der Waals surface area contributed by atoms with Gasteiger partial charge in [0, 0.05) is 24.7 Å². The monoisotopic (exact) mass is 531 g/mol. The molecule has 0 saturated heterocycles. The maximum atomic E-state index is 13.1. The van der Waals surface area contributed by atoms with Crippen molar-refractivity contribution >= 4 is 74.2 Å². The van der Waals surface area contributed by atoms with E-state index in [0.29, 0.717) is 54.7 Å². The molecule has 0 aliphatic carbocycles. The predicted octanol–water partition coefficient (Wildman–Crippen LogP) is 5.38. The number of methoxy groups -OCH3 is 1. The Bertz CT molecular complexity index is 1360. The first-order valence-electron chi connectivity index (χ1n) is 9.37. The molecule has 2 aromatic heterocycles. The normalized spacial score (nSPS) is 11.4. The largest absolute Gasteiger partial charge is 0.495 e. The highest BCUT2D eigenvalue weighted by Gasteiger charge is 2.22. The van der Waals surface area contributed by atoms with Gasteiger partial charge in [0.25, 0.3) is 0 Å². The SMILES string of the molecule is COc1c[c]c(Cl)cc1Nc1ncc(Br)c(Nc2ccc3nccnc3c2P(C)(C)=O)n1. The van der Waals surface area contributed by atoms with Crippen LogP contribution in [0.3, 0.4) is 0 Å². The summed E-state index contributed by atoms with van der Waals surface area (Å²) < 4.78 is 19.1. The van der Waals surface area contributed by atoms with Crippen LogP contribution >= 0.6 is 34.7 Å². The van der Waals surface area contributed by atoms with Gasteiger partial charge in [-0.15, -0.1) is 0 Å². The molecule has 0 spiro atoms. The van der Waals surface area contributed by atoms with E-state index in [1.807, 2.05) is 12.1 Å². The average Bonchev–Trinajstić information content (AvgIpc) is 2.75. The second kappa shape index (κ2) is 9.02. The number of hydrogen-bond donors (Lipinski definition) is 2. The summed E-state index contributed by atoms with van der Waals surface area (Å²) >= 11 is 9.54. The Morgan fingerprint density at radius 2 is 1.91 bits per heavy atom. The molecule has 0 aliphatic rings. The van der Waals surface area contributed by atoms with E-state index >= 15 is 0 Å². The lowest BCUT2D eigenvalue weighted by Gasteiger charge is -2.17. The molecule has 2 heterocycles. The van der Waals surface area contributed by atoms with Crippen molar-refractivity contribution in [2.45, 2.75) is 0 Å². The number of hydrogen-bond acceptors (Lipinski definition) is 8. The van der Waals surface area contributed by atoms with Gasteiger partial charge in [0.1, 0.15) is 24.2 Å². The minimum absolute atomic E-state index is 0.314. The summed E-state index contributed by atoms with van der Waals surface area (Å²) in [5, 5.41) is 7.40. The minimum atomic E-state index is -2.71. The molecular formula is C21H18BrClN6O2P. The molecule has 0 amide bonds. The number of anilines is 4. The second-order valence-corrected chi connectivity index (χ2v) is 11.6. The molecule has 0 aliphatic heterocycles. The zero-order chi connectivity index (χ0) is 22.9. The zero-order valence-electron chi connectivity index (χ0n) is 17.3. The van der Waals surface area contributed by atoms with E-state index < -0.39 is 7.14 Å². The van der Waals surface area contributed by atoms with E-state index in [9.17, 15) is 4.57 Å². The Morgan fingerprint density at radius 3 is 2.66 bits per heavy atom. The highest BCUT2D eigenvalue weighted by atomic mass is 79.9. The summed E-state index contributed by atoms with van der Waals surface area (Å²) in [4.78, 5) is 17.6. The van der Waals surface area contributed by atoms with Gasteiger partial charge < -0.3 is 19.9 Å². The van der Waals surface area contributed by atoms with E-state index in [1.165, 1.54) is 0 Å². The fraction of sp³-hybridized carbons (Fsp3) is 0.143. The lowest BCUT2D eigenvalue weighted by atomic mass is 10.2. The molecule has 0 fully saturated rings. The van der Waals surface area contributed by atoms with Crippen molar-refractivity contribution in [2.75, 3.05) is 31.1 Å². The van der Waals surface area contributed by atoms with Gasteiger partial charge in [0.05, 0.1) is 38.8 Å². The van der Waals surface area contributed by atoms with E-state index in [-0.39, 0.29) is 0 Å². The number of ether oxygens (including phenoxy) is 1. The first kappa shape index (κ1) is 22.5. The highest BCUT2D eigenvalue weighted by Crippen LogP contribution is 2.41. The van der Waals surface area contributed by atoms with Crippen molar-refractivity contribution in [3.05, 3.63) is 58.4 Å². The molecule has 2 N–H and O–H groups in total. The van der Waals surface area contributed by atoms with Crippen LogP contribution in [-0.4, -0.2) is 40.4 Å². The number of nitrogens with one attached hydrogen (secondary N) is 2. The molecule has 4 aromatic rings. The first-order valence-corrected chi connectivity index (χ1v) is 13.1. The molecule has 0 atom stereocenters. The summed E-state index contributed by atoms with van der Waals surface area (Å²) in [6.07, 6.45) is 4.80. The Hall–Kier alpha value is -2.74. The van der Waals surface area contributed by atoms with Crippen molar-refractivity contribution in [3.8, 4) is 5.75 Å². The van der Waals surface area contributed by atoms with Crippen LogP contribution in [0.15, 0.2) is 47.3 Å². The van der Waals surface area contributed by atoms with E-state index in [2.05, 4.69) is 52.6 Å². The maximum absolute atomic E-state index is 13.1. The fourth-order valence-corrected chi connectivity index (χ4v) is 5.00. The quantitative estimate of drug-likeness (QED) is 0.319. The number of benzene rings is 2. The third-order valence-corrected chi connectivity index (χ3v) is 6.82. The van der Waals surface area contributed by atoms with Gasteiger partial charge in [-0.1, -0.05) is 11.6 Å². The molecule has 8 nitrogen and oxygen atoms in total. The smallest absolute Gasteiger partial charge is 0.229 e. The molecule has 4 rings (SSSR count).